The van der Waals surface area contributed by atoms with Gasteiger partial charge in [-0.25, -0.2) is 8.42 Å². The van der Waals surface area contributed by atoms with E-state index in [9.17, 15) is 18.5 Å². The third-order valence-corrected chi connectivity index (χ3v) is 13.6. The molecule has 6 rings (SSSR count). The van der Waals surface area contributed by atoms with Crippen LogP contribution in [-0.2, 0) is 24.8 Å². The highest BCUT2D eigenvalue weighted by atomic mass is 32.2. The molecule has 1 unspecified atom stereocenters. The Balaban J connectivity index is 0.994. The number of hydrogen-bond acceptors (Lipinski definition) is 6. The molecule has 1 saturated heterocycles. The molecule has 3 saturated carbocycles. The summed E-state index contributed by atoms with van der Waals surface area (Å²) in [6, 6.07) is 20.9. The minimum atomic E-state index is -3.12. The summed E-state index contributed by atoms with van der Waals surface area (Å²) < 4.78 is 30.5. The standard InChI is InChI=1S/C37H48N2O4S/c1-27(40)43-25-30-9-6-12-36(30)37(26-38,31-10-3-2-4-11-31)32-15-13-28(14-16-32)7-5-8-29-23-39(24-29)33-17-19-34(20-18-33)44(41,42)35-21-22-35/h2-4,10-11,17-20,28-30,32,35-36H,5-9,12-16,21-25H2,1H3/t28?,30-,32?,36+,37?/m0/s1. The molecule has 7 heteroatoms. The van der Waals surface area contributed by atoms with Crippen molar-refractivity contribution in [3.8, 4) is 6.07 Å². The fraction of sp³-hybridized carbons (Fsp3) is 0.622. The average Bonchev–Trinajstić information content (AvgIpc) is 3.79. The topological polar surface area (TPSA) is 87.5 Å². The largest absolute Gasteiger partial charge is 0.466 e. The summed E-state index contributed by atoms with van der Waals surface area (Å²) in [5.41, 5.74) is 1.76. The number of benzene rings is 2. The first-order valence-electron chi connectivity index (χ1n) is 17.0. The molecule has 4 aliphatic rings. The molecule has 0 aromatic heterocycles. The van der Waals surface area contributed by atoms with Crippen molar-refractivity contribution in [2.24, 2.45) is 29.6 Å². The second-order valence-corrected chi connectivity index (χ2v) is 16.3. The highest BCUT2D eigenvalue weighted by molar-refractivity contribution is 7.92. The van der Waals surface area contributed by atoms with E-state index in [4.69, 9.17) is 4.74 Å². The van der Waals surface area contributed by atoms with Gasteiger partial charge >= 0.3 is 5.97 Å². The van der Waals surface area contributed by atoms with Crippen LogP contribution in [-0.4, -0.2) is 39.3 Å². The zero-order valence-electron chi connectivity index (χ0n) is 26.2. The zero-order chi connectivity index (χ0) is 30.7. The Morgan fingerprint density at radius 1 is 0.909 bits per heavy atom. The highest BCUT2D eigenvalue weighted by Gasteiger charge is 2.52. The molecule has 44 heavy (non-hydrogen) atoms. The molecular weight excluding hydrogens is 568 g/mol. The molecule has 1 aliphatic heterocycles. The molecule has 0 amide bonds. The predicted octanol–water partition coefficient (Wildman–Crippen LogP) is 7.48. The van der Waals surface area contributed by atoms with E-state index in [-0.39, 0.29) is 23.1 Å². The van der Waals surface area contributed by atoms with E-state index in [1.54, 1.807) is 12.1 Å². The summed E-state index contributed by atoms with van der Waals surface area (Å²) in [6.07, 6.45) is 13.1. The quantitative estimate of drug-likeness (QED) is 0.230. The summed E-state index contributed by atoms with van der Waals surface area (Å²) in [4.78, 5) is 14.5. The molecule has 4 fully saturated rings. The van der Waals surface area contributed by atoms with Crippen LogP contribution in [0.25, 0.3) is 0 Å². The van der Waals surface area contributed by atoms with Gasteiger partial charge in [0.1, 0.15) is 0 Å². The first kappa shape index (κ1) is 31.1. The Labute approximate surface area is 264 Å². The van der Waals surface area contributed by atoms with E-state index >= 15 is 0 Å². The average molecular weight is 617 g/mol. The van der Waals surface area contributed by atoms with Gasteiger partial charge in [0.25, 0.3) is 0 Å². The third kappa shape index (κ3) is 6.43. The van der Waals surface area contributed by atoms with Crippen LogP contribution in [0.1, 0.15) is 89.5 Å². The maximum absolute atomic E-state index is 12.5. The van der Waals surface area contributed by atoms with Crippen molar-refractivity contribution in [3.63, 3.8) is 0 Å². The summed E-state index contributed by atoms with van der Waals surface area (Å²) in [5.74, 6) is 2.00. The van der Waals surface area contributed by atoms with Crippen LogP contribution in [0, 0.1) is 40.9 Å². The van der Waals surface area contributed by atoms with Gasteiger partial charge in [0, 0.05) is 25.7 Å². The van der Waals surface area contributed by atoms with Crippen molar-refractivity contribution < 1.29 is 17.9 Å². The van der Waals surface area contributed by atoms with Crippen LogP contribution in [0.15, 0.2) is 59.5 Å². The Bertz CT molecular complexity index is 1420. The Hall–Kier alpha value is -2.85. The van der Waals surface area contributed by atoms with Crippen LogP contribution in [0.2, 0.25) is 0 Å². The van der Waals surface area contributed by atoms with Crippen molar-refractivity contribution in [2.75, 3.05) is 24.6 Å². The van der Waals surface area contributed by atoms with Crippen molar-refractivity contribution in [3.05, 3.63) is 60.2 Å². The Morgan fingerprint density at radius 2 is 1.59 bits per heavy atom. The van der Waals surface area contributed by atoms with Gasteiger partial charge in [0.05, 0.1) is 28.2 Å². The molecule has 2 aromatic rings. The maximum atomic E-state index is 12.5. The van der Waals surface area contributed by atoms with Crippen molar-refractivity contribution >= 4 is 21.5 Å². The highest BCUT2D eigenvalue weighted by Crippen LogP contribution is 2.54. The molecule has 3 aliphatic carbocycles. The number of carbonyl (C=O) groups excluding carboxylic acids is 1. The fourth-order valence-electron chi connectivity index (χ4n) is 8.75. The lowest BCUT2D eigenvalue weighted by Crippen LogP contribution is -2.46. The van der Waals surface area contributed by atoms with Gasteiger partial charge in [-0.3, -0.25) is 4.79 Å². The second-order valence-electron chi connectivity index (χ2n) is 14.1. The Kier molecular flexibility index (Phi) is 9.38. The van der Waals surface area contributed by atoms with Crippen LogP contribution in [0.4, 0.5) is 5.69 Å². The van der Waals surface area contributed by atoms with Crippen LogP contribution in [0.5, 0.6) is 0 Å². The smallest absolute Gasteiger partial charge is 0.302 e. The van der Waals surface area contributed by atoms with E-state index in [1.165, 1.54) is 39.0 Å². The van der Waals surface area contributed by atoms with Crippen LogP contribution >= 0.6 is 0 Å². The molecule has 0 radical (unpaired) electrons. The number of nitrogens with zero attached hydrogens (tertiary/aromatic N) is 2. The normalized spacial score (nSPS) is 27.2. The molecule has 6 nitrogen and oxygen atoms in total. The van der Waals surface area contributed by atoms with Crippen molar-refractivity contribution in [2.45, 2.75) is 99.5 Å². The van der Waals surface area contributed by atoms with Crippen LogP contribution in [0.3, 0.4) is 0 Å². The Morgan fingerprint density at radius 3 is 2.23 bits per heavy atom. The van der Waals surface area contributed by atoms with E-state index in [0.717, 1.165) is 75.2 Å². The third-order valence-electron chi connectivity index (χ3n) is 11.3. The SMILES string of the molecule is CC(=O)OC[C@@H]1CCC[C@H]1C(C#N)(c1ccccc1)C1CCC(CCCC2CN(c3ccc(S(=O)(=O)C4CC4)cc3)C2)CC1. The number of nitriles is 1. The number of hydrogen-bond donors (Lipinski definition) is 0. The first-order chi connectivity index (χ1) is 21.3. The lowest BCUT2D eigenvalue weighted by molar-refractivity contribution is -0.143. The van der Waals surface area contributed by atoms with Gasteiger partial charge in [-0.1, -0.05) is 62.4 Å². The van der Waals surface area contributed by atoms with Crippen molar-refractivity contribution in [1.82, 2.24) is 0 Å². The second kappa shape index (κ2) is 13.3. The van der Waals surface area contributed by atoms with Gasteiger partial charge in [0.15, 0.2) is 9.84 Å². The molecular formula is C37H48N2O4S. The zero-order valence-corrected chi connectivity index (χ0v) is 27.0. The summed E-state index contributed by atoms with van der Waals surface area (Å²) in [5, 5.41) is 10.8. The minimum absolute atomic E-state index is 0.159. The fourth-order valence-corrected chi connectivity index (χ4v) is 10.4. The summed E-state index contributed by atoms with van der Waals surface area (Å²) >= 11 is 0. The van der Waals surface area contributed by atoms with Gasteiger partial charge in [-0.2, -0.15) is 5.26 Å². The number of ether oxygens (including phenoxy) is 1. The minimum Gasteiger partial charge on any atom is -0.466 e. The van der Waals surface area contributed by atoms with E-state index in [1.807, 2.05) is 18.2 Å². The summed E-state index contributed by atoms with van der Waals surface area (Å²) in [7, 11) is -3.12. The van der Waals surface area contributed by atoms with E-state index in [0.29, 0.717) is 23.3 Å². The molecule has 1 heterocycles. The first-order valence-corrected chi connectivity index (χ1v) is 18.5. The maximum Gasteiger partial charge on any atom is 0.302 e. The monoisotopic (exact) mass is 616 g/mol. The lowest BCUT2D eigenvalue weighted by atomic mass is 9.56. The van der Waals surface area contributed by atoms with Gasteiger partial charge in [0.2, 0.25) is 0 Å². The van der Waals surface area contributed by atoms with E-state index in [2.05, 4.69) is 35.2 Å². The molecule has 236 valence electrons. The van der Waals surface area contributed by atoms with E-state index < -0.39 is 15.3 Å². The molecule has 2 aromatic carbocycles. The number of sulfone groups is 1. The van der Waals surface area contributed by atoms with Gasteiger partial charge < -0.3 is 9.64 Å². The molecule has 0 N–H and O–H groups in total. The number of esters is 1. The molecule has 0 spiro atoms. The molecule has 0 bridgehead atoms. The predicted molar refractivity (Wildman–Crippen MR) is 173 cm³/mol. The number of anilines is 1. The summed E-state index contributed by atoms with van der Waals surface area (Å²) in [6.45, 7) is 4.02. The van der Waals surface area contributed by atoms with Gasteiger partial charge in [-0.15, -0.1) is 0 Å². The lowest BCUT2D eigenvalue weighted by Gasteiger charge is -2.45. The molecule has 3 atom stereocenters. The number of rotatable bonds is 12. The van der Waals surface area contributed by atoms with Gasteiger partial charge in [-0.05, 0) is 104 Å². The number of carbonyl (C=O) groups is 1. The van der Waals surface area contributed by atoms with Crippen LogP contribution < -0.4 is 4.90 Å². The van der Waals surface area contributed by atoms with Crippen molar-refractivity contribution in [1.29, 1.82) is 5.26 Å².